The van der Waals surface area contributed by atoms with Crippen molar-refractivity contribution in [2.24, 2.45) is 5.92 Å². The molecule has 41 heavy (non-hydrogen) atoms. The normalized spacial score (nSPS) is 20.2. The first kappa shape index (κ1) is 30.8. The summed E-state index contributed by atoms with van der Waals surface area (Å²) in [6, 6.07) is 13.5. The first-order valence-corrected chi connectivity index (χ1v) is 15.1. The molecule has 0 spiro atoms. The number of nitrogens with zero attached hydrogens (tertiary/aromatic N) is 3. The molecule has 3 atom stereocenters. The topological polar surface area (TPSA) is 82.5 Å². The molecule has 8 heteroatoms. The second kappa shape index (κ2) is 14.7. The van der Waals surface area contributed by atoms with Gasteiger partial charge in [-0.1, -0.05) is 43.7 Å². The summed E-state index contributed by atoms with van der Waals surface area (Å²) in [5.41, 5.74) is 3.09. The summed E-state index contributed by atoms with van der Waals surface area (Å²) in [5, 5.41) is 10.6. The van der Waals surface area contributed by atoms with Crippen LogP contribution in [0.3, 0.4) is 0 Å². The molecule has 1 saturated heterocycles. The largest absolute Gasteiger partial charge is 0.496 e. The van der Waals surface area contributed by atoms with Crippen molar-refractivity contribution in [2.75, 3.05) is 60.5 Å². The lowest BCUT2D eigenvalue weighted by atomic mass is 9.82. The maximum Gasteiger partial charge on any atom is 0.308 e. The number of rotatable bonds is 15. The second-order valence-corrected chi connectivity index (χ2v) is 11.7. The van der Waals surface area contributed by atoms with Gasteiger partial charge in [-0.15, -0.1) is 0 Å². The third kappa shape index (κ3) is 7.80. The van der Waals surface area contributed by atoms with Gasteiger partial charge in [0.05, 0.1) is 26.2 Å². The predicted octanol–water partition coefficient (Wildman–Crippen LogP) is 4.31. The summed E-state index contributed by atoms with van der Waals surface area (Å²) in [6.07, 6.45) is 5.30. The third-order valence-corrected chi connectivity index (χ3v) is 8.55. The molecule has 1 fully saturated rings. The molecule has 0 aliphatic carbocycles. The van der Waals surface area contributed by atoms with E-state index in [2.05, 4.69) is 36.9 Å². The van der Waals surface area contributed by atoms with E-state index in [9.17, 15) is 14.7 Å². The van der Waals surface area contributed by atoms with Gasteiger partial charge < -0.3 is 24.4 Å². The van der Waals surface area contributed by atoms with Crippen LogP contribution in [-0.2, 0) is 22.4 Å². The van der Waals surface area contributed by atoms with Crippen LogP contribution in [0.5, 0.6) is 11.5 Å². The van der Waals surface area contributed by atoms with Crippen LogP contribution >= 0.6 is 0 Å². The minimum absolute atomic E-state index is 0.0838. The van der Waals surface area contributed by atoms with Crippen LogP contribution in [-0.4, -0.2) is 98.3 Å². The summed E-state index contributed by atoms with van der Waals surface area (Å²) >= 11 is 0. The van der Waals surface area contributed by atoms with Crippen molar-refractivity contribution < 1.29 is 24.2 Å². The number of carboxylic acid groups (broad SMARTS) is 1. The molecule has 8 nitrogen and oxygen atoms in total. The van der Waals surface area contributed by atoms with Crippen molar-refractivity contribution in [3.63, 3.8) is 0 Å². The first-order valence-electron chi connectivity index (χ1n) is 15.1. The van der Waals surface area contributed by atoms with Crippen molar-refractivity contribution in [3.05, 3.63) is 59.2 Å². The average molecular weight is 566 g/mol. The molecule has 224 valence electrons. The molecular weight excluding hydrogens is 518 g/mol. The van der Waals surface area contributed by atoms with E-state index >= 15 is 0 Å². The molecule has 2 aromatic carbocycles. The van der Waals surface area contributed by atoms with E-state index in [1.54, 1.807) is 7.11 Å². The number of fused-ring (bicyclic) bond motifs is 1. The van der Waals surface area contributed by atoms with Crippen LogP contribution in [0.15, 0.2) is 42.5 Å². The van der Waals surface area contributed by atoms with Gasteiger partial charge in [0, 0.05) is 38.0 Å². The summed E-state index contributed by atoms with van der Waals surface area (Å²) in [6.45, 7) is 5.99. The zero-order chi connectivity index (χ0) is 29.4. The zero-order valence-corrected chi connectivity index (χ0v) is 25.2. The fraction of sp³-hybridized carbons (Fsp3) is 0.576. The summed E-state index contributed by atoms with van der Waals surface area (Å²) in [7, 11) is 5.78. The number of carbonyl (C=O) groups is 2. The minimum atomic E-state index is -0.826. The minimum Gasteiger partial charge on any atom is -0.496 e. The van der Waals surface area contributed by atoms with Crippen molar-refractivity contribution in [2.45, 2.75) is 57.4 Å². The highest BCUT2D eigenvalue weighted by atomic mass is 16.5. The molecule has 2 aromatic rings. The van der Waals surface area contributed by atoms with Crippen molar-refractivity contribution in [1.82, 2.24) is 14.7 Å². The first-order chi connectivity index (χ1) is 19.8. The van der Waals surface area contributed by atoms with Gasteiger partial charge in [-0.2, -0.15) is 0 Å². The Morgan fingerprint density at radius 1 is 1.07 bits per heavy atom. The highest BCUT2D eigenvalue weighted by Gasteiger charge is 2.47. The smallest absolute Gasteiger partial charge is 0.308 e. The van der Waals surface area contributed by atoms with Crippen LogP contribution in [0, 0.1) is 5.92 Å². The van der Waals surface area contributed by atoms with Crippen molar-refractivity contribution in [1.29, 1.82) is 0 Å². The van der Waals surface area contributed by atoms with E-state index in [1.165, 1.54) is 0 Å². The van der Waals surface area contributed by atoms with Crippen molar-refractivity contribution >= 4 is 11.9 Å². The maximum absolute atomic E-state index is 13.8. The quantitative estimate of drug-likeness (QED) is 0.322. The van der Waals surface area contributed by atoms with Gasteiger partial charge in [-0.25, -0.2) is 0 Å². The van der Waals surface area contributed by atoms with E-state index in [4.69, 9.17) is 9.47 Å². The lowest BCUT2D eigenvalue weighted by molar-refractivity contribution is -0.143. The van der Waals surface area contributed by atoms with Gasteiger partial charge in [-0.05, 0) is 75.1 Å². The van der Waals surface area contributed by atoms with Gasteiger partial charge in [0.25, 0.3) is 0 Å². The molecule has 1 N–H and O–H groups in total. The predicted molar refractivity (Wildman–Crippen MR) is 161 cm³/mol. The van der Waals surface area contributed by atoms with Gasteiger partial charge in [0.1, 0.15) is 11.5 Å². The Morgan fingerprint density at radius 3 is 2.56 bits per heavy atom. The molecule has 2 aliphatic rings. The van der Waals surface area contributed by atoms with Crippen LogP contribution in [0.25, 0.3) is 0 Å². The van der Waals surface area contributed by atoms with Crippen LogP contribution in [0.2, 0.25) is 0 Å². The molecule has 2 aliphatic heterocycles. The van der Waals surface area contributed by atoms with Gasteiger partial charge in [-0.3, -0.25) is 14.5 Å². The molecule has 2 heterocycles. The highest BCUT2D eigenvalue weighted by Crippen LogP contribution is 2.41. The molecule has 4 rings (SSSR count). The number of likely N-dealkylation sites (tertiary alicyclic amines) is 1. The Morgan fingerprint density at radius 2 is 1.83 bits per heavy atom. The fourth-order valence-corrected chi connectivity index (χ4v) is 6.33. The summed E-state index contributed by atoms with van der Waals surface area (Å²) in [5.74, 6) is 0.00418. The molecular formula is C33H47N3O5. The Kier molecular flexibility index (Phi) is 11.1. The van der Waals surface area contributed by atoms with E-state index in [1.807, 2.05) is 41.3 Å². The molecule has 0 aromatic heterocycles. The van der Waals surface area contributed by atoms with Gasteiger partial charge >= 0.3 is 5.97 Å². The number of methoxy groups -OCH3 is 1. The Bertz CT molecular complexity index is 1170. The monoisotopic (exact) mass is 565 g/mol. The number of benzene rings is 2. The lowest BCUT2D eigenvalue weighted by Gasteiger charge is -2.30. The average Bonchev–Trinajstić information content (AvgIpc) is 3.57. The second-order valence-electron chi connectivity index (χ2n) is 11.7. The number of amides is 1. The number of carboxylic acids is 1. The molecule has 1 amide bonds. The number of ether oxygens (including phenoxy) is 2. The van der Waals surface area contributed by atoms with Crippen LogP contribution < -0.4 is 9.47 Å². The number of carbonyl (C=O) groups excluding carboxylic acids is 1. The Balaban J connectivity index is 1.61. The van der Waals surface area contributed by atoms with Gasteiger partial charge in [0.15, 0.2) is 0 Å². The van der Waals surface area contributed by atoms with E-state index in [-0.39, 0.29) is 24.4 Å². The van der Waals surface area contributed by atoms with E-state index in [0.717, 1.165) is 79.9 Å². The molecule has 0 unspecified atom stereocenters. The maximum atomic E-state index is 13.8. The highest BCUT2D eigenvalue weighted by molar-refractivity contribution is 5.79. The molecule has 0 saturated carbocycles. The standard InChI is InChI=1S/C33H47N3O5/c1-5-6-17-35(18-10-9-16-34(2)3)31(37)23-36-22-27(24-13-14-30-26(20-24)15-19-41-30)32(33(38)39)28(36)21-25-11-7-8-12-29(25)40-4/h7-8,11-14,20,27-28,32H,5-6,9-10,15-19,21-23H2,1-4H3,(H,38,39)/t27-,28+,32-/m1/s1. The fourth-order valence-electron chi connectivity index (χ4n) is 6.33. The van der Waals surface area contributed by atoms with E-state index in [0.29, 0.717) is 19.6 Å². The number of hydrogen-bond donors (Lipinski definition) is 1. The van der Waals surface area contributed by atoms with Crippen molar-refractivity contribution in [3.8, 4) is 11.5 Å². The van der Waals surface area contributed by atoms with Crippen LogP contribution in [0.1, 0.15) is 55.2 Å². The lowest BCUT2D eigenvalue weighted by Crippen LogP contribution is -2.45. The summed E-state index contributed by atoms with van der Waals surface area (Å²) in [4.78, 5) is 33.0. The van der Waals surface area contributed by atoms with E-state index < -0.39 is 11.9 Å². The SMILES string of the molecule is CCCCN(CCCCN(C)C)C(=O)CN1C[C@H](c2ccc3c(c2)CCO3)[C@@H](C(=O)O)[C@@H]1Cc1ccccc1OC. The number of unbranched alkanes of at least 4 members (excludes halogenated alkanes) is 2. The Hall–Kier alpha value is -3.10. The molecule has 0 radical (unpaired) electrons. The van der Waals surface area contributed by atoms with Gasteiger partial charge in [0.2, 0.25) is 5.91 Å². The Labute approximate surface area is 245 Å². The third-order valence-electron chi connectivity index (χ3n) is 8.55. The number of aliphatic carboxylic acids is 1. The molecule has 0 bridgehead atoms. The number of hydrogen-bond acceptors (Lipinski definition) is 6. The zero-order valence-electron chi connectivity index (χ0n) is 25.2. The van der Waals surface area contributed by atoms with Crippen LogP contribution in [0.4, 0.5) is 0 Å². The number of para-hydroxylation sites is 1. The summed E-state index contributed by atoms with van der Waals surface area (Å²) < 4.78 is 11.3.